The number of anilines is 1. The minimum Gasteiger partial charge on any atom is -0.463 e. The van der Waals surface area contributed by atoms with Gasteiger partial charge in [-0.1, -0.05) is 23.2 Å². The molecule has 0 aliphatic heterocycles. The van der Waals surface area contributed by atoms with Crippen LogP contribution in [0.4, 0.5) is 5.69 Å². The number of nitrogens with two attached hydrogens (primary N) is 1. The normalized spacial score (nSPS) is 11.5. The van der Waals surface area contributed by atoms with Gasteiger partial charge >= 0.3 is 0 Å². The highest BCUT2D eigenvalue weighted by molar-refractivity contribution is 6.34. The number of rotatable bonds is 5. The van der Waals surface area contributed by atoms with Gasteiger partial charge in [-0.05, 0) is 36.4 Å². The van der Waals surface area contributed by atoms with Crippen LogP contribution in [0, 0.1) is 11.3 Å². The molecule has 1 atom stereocenters. The first-order chi connectivity index (χ1) is 11.4. The first-order valence-electron chi connectivity index (χ1n) is 6.80. The summed E-state index contributed by atoms with van der Waals surface area (Å²) < 4.78 is 5.21. The number of hydrogen-bond acceptors (Lipinski definition) is 5. The molecule has 2 aromatic carbocycles. The summed E-state index contributed by atoms with van der Waals surface area (Å²) in [5, 5.41) is 21.5. The van der Waals surface area contributed by atoms with Gasteiger partial charge in [0.25, 0.3) is 5.91 Å². The van der Waals surface area contributed by atoms with Crippen LogP contribution in [0.1, 0.15) is 15.9 Å². The average Bonchev–Trinajstić information content (AvgIpc) is 2.57. The van der Waals surface area contributed by atoms with E-state index in [0.717, 1.165) is 0 Å². The van der Waals surface area contributed by atoms with Gasteiger partial charge in [0.2, 0.25) is 6.29 Å². The molecule has 0 fully saturated rings. The zero-order valence-electron chi connectivity index (χ0n) is 12.3. The molecule has 2 aromatic rings. The average molecular weight is 366 g/mol. The molecule has 0 aliphatic rings. The molecule has 2 rings (SSSR count). The molecule has 0 radical (unpaired) electrons. The molecule has 0 bridgehead atoms. The number of nitrogens with one attached hydrogen (secondary N) is 1. The summed E-state index contributed by atoms with van der Waals surface area (Å²) in [6.45, 7) is -0.134. The SMILES string of the molecule is N#Cc1ccc(NC(=O)c2cc(Cl)ccc2OC(O)CN)c(Cl)c1. The zero-order chi connectivity index (χ0) is 17.7. The lowest BCUT2D eigenvalue weighted by molar-refractivity contribution is -0.00898. The quantitative estimate of drug-likeness (QED) is 0.705. The Morgan fingerprint density at radius 2 is 2.08 bits per heavy atom. The summed E-state index contributed by atoms with van der Waals surface area (Å²) in [4.78, 5) is 12.5. The maximum absolute atomic E-state index is 12.5. The van der Waals surface area contributed by atoms with Crippen molar-refractivity contribution in [3.63, 3.8) is 0 Å². The Hall–Kier alpha value is -2.30. The van der Waals surface area contributed by atoms with E-state index >= 15 is 0 Å². The fourth-order valence-electron chi connectivity index (χ4n) is 1.85. The number of amides is 1. The third-order valence-electron chi connectivity index (χ3n) is 3.00. The van der Waals surface area contributed by atoms with E-state index in [9.17, 15) is 9.90 Å². The van der Waals surface area contributed by atoms with Gasteiger partial charge in [0, 0.05) is 5.02 Å². The lowest BCUT2D eigenvalue weighted by atomic mass is 10.1. The number of halogens is 2. The van der Waals surface area contributed by atoms with E-state index in [-0.39, 0.29) is 22.9 Å². The zero-order valence-corrected chi connectivity index (χ0v) is 13.8. The fourth-order valence-corrected chi connectivity index (χ4v) is 2.25. The van der Waals surface area contributed by atoms with Crippen LogP contribution in [0.3, 0.4) is 0 Å². The predicted molar refractivity (Wildman–Crippen MR) is 91.3 cm³/mol. The van der Waals surface area contributed by atoms with Crippen molar-refractivity contribution in [2.45, 2.75) is 6.29 Å². The van der Waals surface area contributed by atoms with Crippen molar-refractivity contribution < 1.29 is 14.6 Å². The smallest absolute Gasteiger partial charge is 0.259 e. The Labute approximate surface area is 148 Å². The maximum atomic E-state index is 12.5. The molecule has 6 nitrogen and oxygen atoms in total. The molecule has 0 aliphatic carbocycles. The Morgan fingerprint density at radius 3 is 2.71 bits per heavy atom. The second-order valence-corrected chi connectivity index (χ2v) is 5.55. The number of carbonyl (C=O) groups excluding carboxylic acids is 1. The minimum absolute atomic E-state index is 0.107. The summed E-state index contributed by atoms with van der Waals surface area (Å²) in [5.41, 5.74) is 6.10. The van der Waals surface area contributed by atoms with E-state index in [1.807, 2.05) is 6.07 Å². The third kappa shape index (κ3) is 4.37. The molecule has 1 amide bonds. The van der Waals surface area contributed by atoms with Crippen molar-refractivity contribution in [2.24, 2.45) is 5.73 Å². The van der Waals surface area contributed by atoms with E-state index in [2.05, 4.69) is 5.32 Å². The van der Waals surface area contributed by atoms with Crippen molar-refractivity contribution in [1.82, 2.24) is 0 Å². The molecule has 8 heteroatoms. The van der Waals surface area contributed by atoms with Crippen LogP contribution < -0.4 is 15.8 Å². The first kappa shape index (κ1) is 18.0. The van der Waals surface area contributed by atoms with Gasteiger partial charge in [-0.3, -0.25) is 4.79 Å². The molecule has 4 N–H and O–H groups in total. The van der Waals surface area contributed by atoms with Gasteiger partial charge in [-0.25, -0.2) is 0 Å². The minimum atomic E-state index is -1.25. The number of nitrogens with zero attached hydrogens (tertiary/aromatic N) is 1. The van der Waals surface area contributed by atoms with Gasteiger partial charge in [-0.15, -0.1) is 0 Å². The van der Waals surface area contributed by atoms with Crippen LogP contribution in [0.5, 0.6) is 5.75 Å². The Kier molecular flexibility index (Phi) is 6.01. The molecule has 0 saturated heterocycles. The molecule has 0 aromatic heterocycles. The Balaban J connectivity index is 2.29. The third-order valence-corrected chi connectivity index (χ3v) is 3.55. The van der Waals surface area contributed by atoms with Gasteiger partial charge in [-0.2, -0.15) is 5.26 Å². The highest BCUT2D eigenvalue weighted by Crippen LogP contribution is 2.27. The van der Waals surface area contributed by atoms with Crippen LogP contribution in [0.2, 0.25) is 10.0 Å². The number of nitriles is 1. The molecular formula is C16H13Cl2N3O3. The van der Waals surface area contributed by atoms with Crippen molar-refractivity contribution in [3.05, 3.63) is 57.6 Å². The summed E-state index contributed by atoms with van der Waals surface area (Å²) in [5.74, 6) is -0.414. The number of benzene rings is 2. The molecule has 0 heterocycles. The first-order valence-corrected chi connectivity index (χ1v) is 7.55. The van der Waals surface area contributed by atoms with Crippen LogP contribution in [-0.2, 0) is 0 Å². The Morgan fingerprint density at radius 1 is 1.33 bits per heavy atom. The van der Waals surface area contributed by atoms with Crippen LogP contribution >= 0.6 is 23.2 Å². The number of aliphatic hydroxyl groups is 1. The fraction of sp³-hybridized carbons (Fsp3) is 0.125. The largest absolute Gasteiger partial charge is 0.463 e. The second-order valence-electron chi connectivity index (χ2n) is 4.71. The van der Waals surface area contributed by atoms with E-state index in [1.54, 1.807) is 0 Å². The van der Waals surface area contributed by atoms with Gasteiger partial charge < -0.3 is 20.9 Å². The van der Waals surface area contributed by atoms with Crippen LogP contribution in [0.25, 0.3) is 0 Å². The van der Waals surface area contributed by atoms with Crippen molar-refractivity contribution in [1.29, 1.82) is 5.26 Å². The number of hydrogen-bond donors (Lipinski definition) is 3. The summed E-state index contributed by atoms with van der Waals surface area (Å²) in [7, 11) is 0. The van der Waals surface area contributed by atoms with Gasteiger partial charge in [0.1, 0.15) is 5.75 Å². The molecule has 1 unspecified atom stereocenters. The summed E-state index contributed by atoms with van der Waals surface area (Å²) >= 11 is 12.0. The topological polar surface area (TPSA) is 108 Å². The molecule has 124 valence electrons. The Bertz CT molecular complexity index is 806. The number of aliphatic hydroxyl groups excluding tert-OH is 1. The maximum Gasteiger partial charge on any atom is 0.259 e. The lowest BCUT2D eigenvalue weighted by Gasteiger charge is -2.15. The monoisotopic (exact) mass is 365 g/mol. The molecule has 0 saturated carbocycles. The highest BCUT2D eigenvalue weighted by atomic mass is 35.5. The number of ether oxygens (including phenoxy) is 1. The van der Waals surface area contributed by atoms with Gasteiger partial charge in [0.15, 0.2) is 0 Å². The standard InChI is InChI=1S/C16H13Cl2N3O3/c17-10-2-4-14(24-15(22)8-20)11(6-10)16(23)21-13-3-1-9(7-19)5-12(13)18/h1-6,15,22H,8,20H2,(H,21,23). The van der Waals surface area contributed by atoms with Crippen molar-refractivity contribution in [3.8, 4) is 11.8 Å². The van der Waals surface area contributed by atoms with Gasteiger partial charge in [0.05, 0.1) is 34.5 Å². The molecule has 24 heavy (non-hydrogen) atoms. The van der Waals surface area contributed by atoms with E-state index in [0.29, 0.717) is 16.3 Å². The van der Waals surface area contributed by atoms with Crippen LogP contribution in [-0.4, -0.2) is 23.8 Å². The number of carbonyl (C=O) groups is 1. The van der Waals surface area contributed by atoms with Crippen molar-refractivity contribution in [2.75, 3.05) is 11.9 Å². The van der Waals surface area contributed by atoms with E-state index in [4.69, 9.17) is 38.9 Å². The van der Waals surface area contributed by atoms with E-state index in [1.165, 1.54) is 36.4 Å². The summed E-state index contributed by atoms with van der Waals surface area (Å²) in [6, 6.07) is 10.8. The van der Waals surface area contributed by atoms with Crippen LogP contribution in [0.15, 0.2) is 36.4 Å². The predicted octanol–water partition coefficient (Wildman–Crippen LogP) is 2.77. The molecular weight excluding hydrogens is 353 g/mol. The lowest BCUT2D eigenvalue weighted by Crippen LogP contribution is -2.27. The van der Waals surface area contributed by atoms with E-state index < -0.39 is 12.2 Å². The summed E-state index contributed by atoms with van der Waals surface area (Å²) in [6.07, 6.45) is -1.25. The van der Waals surface area contributed by atoms with Crippen molar-refractivity contribution >= 4 is 34.8 Å². The molecule has 0 spiro atoms. The second kappa shape index (κ2) is 7.99. The highest BCUT2D eigenvalue weighted by Gasteiger charge is 2.17.